The maximum atomic E-state index is 6.37. The first-order chi connectivity index (χ1) is 9.77. The third-order valence-corrected chi connectivity index (χ3v) is 4.66. The number of halogens is 1. The summed E-state index contributed by atoms with van der Waals surface area (Å²) in [6.07, 6.45) is 11.9. The average molecular weight is 299 g/mol. The Labute approximate surface area is 127 Å². The van der Waals surface area contributed by atoms with Gasteiger partial charge in [-0.2, -0.15) is 5.10 Å². The normalized spacial score (nSPS) is 19.6. The van der Waals surface area contributed by atoms with Crippen LogP contribution in [0.4, 0.5) is 0 Å². The zero-order valence-electron chi connectivity index (χ0n) is 12.4. The molecule has 0 aromatic carbocycles. The molecular weight excluding hydrogens is 272 g/mol. The minimum absolute atomic E-state index is 0.120. The molecule has 1 aliphatic carbocycles. The summed E-state index contributed by atoms with van der Waals surface area (Å²) in [6, 6.07) is 0.120. The van der Waals surface area contributed by atoms with Crippen LogP contribution in [0.25, 0.3) is 0 Å². The molecule has 1 aliphatic rings. The van der Waals surface area contributed by atoms with E-state index in [-0.39, 0.29) is 6.04 Å². The number of nitrogens with one attached hydrogen (secondary N) is 1. The van der Waals surface area contributed by atoms with E-state index >= 15 is 0 Å². The van der Waals surface area contributed by atoms with Crippen molar-refractivity contribution in [3.63, 3.8) is 0 Å². The van der Waals surface area contributed by atoms with E-state index in [4.69, 9.17) is 17.4 Å². The minimum Gasteiger partial charge on any atom is -0.271 e. The number of aromatic nitrogens is 2. The van der Waals surface area contributed by atoms with Gasteiger partial charge in [0, 0.05) is 6.54 Å². The molecule has 0 radical (unpaired) electrons. The van der Waals surface area contributed by atoms with E-state index in [1.54, 1.807) is 6.20 Å². The van der Waals surface area contributed by atoms with Crippen LogP contribution in [0.1, 0.15) is 70.0 Å². The van der Waals surface area contributed by atoms with Crippen LogP contribution in [0.2, 0.25) is 5.02 Å². The molecule has 1 saturated carbocycles. The highest BCUT2D eigenvalue weighted by molar-refractivity contribution is 6.31. The van der Waals surface area contributed by atoms with Crippen LogP contribution >= 0.6 is 11.6 Å². The summed E-state index contributed by atoms with van der Waals surface area (Å²) < 4.78 is 2.02. The number of hydrogen-bond acceptors (Lipinski definition) is 3. The fraction of sp³-hybridized carbons (Fsp3) is 0.800. The Bertz CT molecular complexity index is 397. The molecule has 0 amide bonds. The predicted octanol–water partition coefficient (Wildman–Crippen LogP) is 3.81. The fourth-order valence-electron chi connectivity index (χ4n) is 3.33. The highest BCUT2D eigenvalue weighted by atomic mass is 35.5. The first-order valence-electron chi connectivity index (χ1n) is 7.95. The average Bonchev–Trinajstić information content (AvgIpc) is 2.75. The van der Waals surface area contributed by atoms with E-state index in [1.165, 1.54) is 44.9 Å². The van der Waals surface area contributed by atoms with E-state index in [0.717, 1.165) is 23.7 Å². The number of rotatable bonds is 5. The van der Waals surface area contributed by atoms with Crippen LogP contribution in [0.15, 0.2) is 6.20 Å². The maximum Gasteiger partial charge on any atom is 0.0834 e. The molecule has 0 aliphatic heterocycles. The van der Waals surface area contributed by atoms with Gasteiger partial charge in [-0.3, -0.25) is 16.0 Å². The molecule has 1 unspecified atom stereocenters. The summed E-state index contributed by atoms with van der Waals surface area (Å²) >= 11 is 6.37. The molecule has 5 heteroatoms. The molecule has 1 aromatic heterocycles. The van der Waals surface area contributed by atoms with Crippen molar-refractivity contribution in [1.29, 1.82) is 0 Å². The van der Waals surface area contributed by atoms with Gasteiger partial charge in [0.15, 0.2) is 0 Å². The number of hydrogen-bond donors (Lipinski definition) is 2. The smallest absolute Gasteiger partial charge is 0.0834 e. The van der Waals surface area contributed by atoms with Gasteiger partial charge in [0.2, 0.25) is 0 Å². The summed E-state index contributed by atoms with van der Waals surface area (Å²) in [4.78, 5) is 0. The van der Waals surface area contributed by atoms with Gasteiger partial charge in [0.05, 0.1) is 23.0 Å². The van der Waals surface area contributed by atoms with E-state index in [9.17, 15) is 0 Å². The Morgan fingerprint density at radius 2 is 2.00 bits per heavy atom. The third kappa shape index (κ3) is 3.74. The van der Waals surface area contributed by atoms with Gasteiger partial charge in [0.25, 0.3) is 0 Å². The van der Waals surface area contributed by atoms with Crippen LogP contribution in [0, 0.1) is 5.92 Å². The SMILES string of the molecule is CCCn1ncc(Cl)c1C(NN)C1CCCCCCC1. The van der Waals surface area contributed by atoms with Crippen molar-refractivity contribution in [2.45, 2.75) is 70.9 Å². The predicted molar refractivity (Wildman–Crippen MR) is 83.4 cm³/mol. The summed E-state index contributed by atoms with van der Waals surface area (Å²) in [6.45, 7) is 3.05. The Balaban J connectivity index is 2.19. The second-order valence-electron chi connectivity index (χ2n) is 5.85. The molecule has 1 atom stereocenters. The quantitative estimate of drug-likeness (QED) is 0.642. The van der Waals surface area contributed by atoms with Crippen molar-refractivity contribution >= 4 is 11.6 Å². The molecule has 0 spiro atoms. The van der Waals surface area contributed by atoms with Crippen LogP contribution in [0.3, 0.4) is 0 Å². The largest absolute Gasteiger partial charge is 0.271 e. The summed E-state index contributed by atoms with van der Waals surface area (Å²) in [5.41, 5.74) is 4.09. The number of nitrogens with zero attached hydrogens (tertiary/aromatic N) is 2. The zero-order valence-corrected chi connectivity index (χ0v) is 13.2. The second kappa shape index (κ2) is 8.01. The van der Waals surface area contributed by atoms with Gasteiger partial charge >= 0.3 is 0 Å². The minimum atomic E-state index is 0.120. The zero-order chi connectivity index (χ0) is 14.4. The molecule has 114 valence electrons. The molecular formula is C15H27ClN4. The van der Waals surface area contributed by atoms with Gasteiger partial charge in [-0.25, -0.2) is 0 Å². The lowest BCUT2D eigenvalue weighted by molar-refractivity contribution is 0.278. The van der Waals surface area contributed by atoms with Crippen molar-refractivity contribution in [2.24, 2.45) is 11.8 Å². The first-order valence-corrected chi connectivity index (χ1v) is 8.33. The van der Waals surface area contributed by atoms with Crippen LogP contribution < -0.4 is 11.3 Å². The Kier molecular flexibility index (Phi) is 6.33. The molecule has 2 rings (SSSR count). The summed E-state index contributed by atoms with van der Waals surface area (Å²) in [5.74, 6) is 6.43. The molecule has 1 fully saturated rings. The van der Waals surface area contributed by atoms with E-state index < -0.39 is 0 Å². The van der Waals surface area contributed by atoms with Crippen LogP contribution in [-0.4, -0.2) is 9.78 Å². The van der Waals surface area contributed by atoms with Crippen molar-refractivity contribution in [3.8, 4) is 0 Å². The highest BCUT2D eigenvalue weighted by Gasteiger charge is 2.27. The van der Waals surface area contributed by atoms with Crippen LogP contribution in [-0.2, 0) is 6.54 Å². The molecule has 4 nitrogen and oxygen atoms in total. The van der Waals surface area contributed by atoms with Gasteiger partial charge in [-0.1, -0.05) is 50.6 Å². The molecule has 20 heavy (non-hydrogen) atoms. The topological polar surface area (TPSA) is 55.9 Å². The maximum absolute atomic E-state index is 6.37. The first kappa shape index (κ1) is 15.8. The lowest BCUT2D eigenvalue weighted by Crippen LogP contribution is -2.35. The van der Waals surface area contributed by atoms with Crippen molar-refractivity contribution in [2.75, 3.05) is 0 Å². The van der Waals surface area contributed by atoms with Crippen molar-refractivity contribution < 1.29 is 0 Å². The summed E-state index contributed by atoms with van der Waals surface area (Å²) in [7, 11) is 0. The third-order valence-electron chi connectivity index (χ3n) is 4.36. The number of hydrazine groups is 1. The van der Waals surface area contributed by atoms with Crippen LogP contribution in [0.5, 0.6) is 0 Å². The Morgan fingerprint density at radius 1 is 1.35 bits per heavy atom. The van der Waals surface area contributed by atoms with Crippen molar-refractivity contribution in [3.05, 3.63) is 16.9 Å². The number of aryl methyl sites for hydroxylation is 1. The Hall–Kier alpha value is -0.580. The highest BCUT2D eigenvalue weighted by Crippen LogP contribution is 2.35. The van der Waals surface area contributed by atoms with E-state index in [0.29, 0.717) is 5.92 Å². The molecule has 1 heterocycles. The number of nitrogens with two attached hydrogens (primary N) is 1. The lowest BCUT2D eigenvalue weighted by Gasteiger charge is -2.29. The fourth-order valence-corrected chi connectivity index (χ4v) is 3.59. The van der Waals surface area contributed by atoms with Crippen molar-refractivity contribution in [1.82, 2.24) is 15.2 Å². The molecule has 1 aromatic rings. The molecule has 0 bridgehead atoms. The van der Waals surface area contributed by atoms with Gasteiger partial charge < -0.3 is 0 Å². The molecule has 0 saturated heterocycles. The van der Waals surface area contributed by atoms with Gasteiger partial charge in [-0.05, 0) is 25.2 Å². The van der Waals surface area contributed by atoms with E-state index in [1.807, 2.05) is 4.68 Å². The lowest BCUT2D eigenvalue weighted by atomic mass is 9.84. The molecule has 3 N–H and O–H groups in total. The van der Waals surface area contributed by atoms with E-state index in [2.05, 4.69) is 17.4 Å². The standard InChI is InChI=1S/C15H27ClN4/c1-2-10-20-15(13(16)11-18-20)14(19-17)12-8-6-4-3-5-7-9-12/h11-12,14,19H,2-10,17H2,1H3. The van der Waals surface area contributed by atoms with Gasteiger partial charge in [0.1, 0.15) is 0 Å². The Morgan fingerprint density at radius 3 is 2.60 bits per heavy atom. The second-order valence-corrected chi connectivity index (χ2v) is 6.26. The monoisotopic (exact) mass is 298 g/mol. The van der Waals surface area contributed by atoms with Gasteiger partial charge in [-0.15, -0.1) is 0 Å². The summed E-state index contributed by atoms with van der Waals surface area (Å²) in [5, 5.41) is 5.14.